The molecule has 0 aliphatic carbocycles. The van der Waals surface area contributed by atoms with Gasteiger partial charge in [0.05, 0.1) is 5.69 Å². The molecule has 4 aromatic rings. The van der Waals surface area contributed by atoms with Crippen molar-refractivity contribution in [3.8, 4) is 5.75 Å². The lowest BCUT2D eigenvalue weighted by Gasteiger charge is -2.32. The molecule has 6 heteroatoms. The van der Waals surface area contributed by atoms with Crippen LogP contribution in [0.2, 0.25) is 0 Å². The average Bonchev–Trinajstić information content (AvgIpc) is 3.05. The van der Waals surface area contributed by atoms with Crippen molar-refractivity contribution in [2.75, 3.05) is 37.7 Å². The van der Waals surface area contributed by atoms with E-state index >= 15 is 0 Å². The summed E-state index contributed by atoms with van der Waals surface area (Å²) in [5.41, 5.74) is 5.33. The molecule has 0 saturated carbocycles. The summed E-state index contributed by atoms with van der Waals surface area (Å²) in [7, 11) is 0. The zero-order chi connectivity index (χ0) is 30.6. The van der Waals surface area contributed by atoms with Crippen LogP contribution in [0.5, 0.6) is 5.75 Å². The molecule has 6 nitrogen and oxygen atoms in total. The first kappa shape index (κ1) is 31.0. The fourth-order valence-corrected chi connectivity index (χ4v) is 5.94. The van der Waals surface area contributed by atoms with E-state index < -0.39 is 0 Å². The van der Waals surface area contributed by atoms with E-state index in [2.05, 4.69) is 47.4 Å². The highest BCUT2D eigenvalue weighted by Crippen LogP contribution is 2.28. The van der Waals surface area contributed by atoms with E-state index in [1.165, 1.54) is 5.56 Å². The van der Waals surface area contributed by atoms with E-state index in [0.29, 0.717) is 38.2 Å². The maximum atomic E-state index is 13.9. The Morgan fingerprint density at radius 3 is 2.02 bits per heavy atom. The second-order valence-corrected chi connectivity index (χ2v) is 11.5. The number of benzene rings is 4. The van der Waals surface area contributed by atoms with Gasteiger partial charge in [0.15, 0.2) is 6.61 Å². The van der Waals surface area contributed by atoms with Gasteiger partial charge in [-0.25, -0.2) is 0 Å². The quantitative estimate of drug-likeness (QED) is 0.231. The molecule has 1 aliphatic rings. The Morgan fingerprint density at radius 1 is 0.682 bits per heavy atom. The summed E-state index contributed by atoms with van der Waals surface area (Å²) in [5, 5.41) is 0. The Morgan fingerprint density at radius 2 is 1.32 bits per heavy atom. The number of aryl methyl sites for hydroxylation is 2. The van der Waals surface area contributed by atoms with E-state index in [0.717, 1.165) is 54.9 Å². The lowest BCUT2D eigenvalue weighted by molar-refractivity contribution is -0.131. The highest BCUT2D eigenvalue weighted by atomic mass is 16.5. The predicted octanol–water partition coefficient (Wildman–Crippen LogP) is 6.66. The Kier molecular flexibility index (Phi) is 11.2. The van der Waals surface area contributed by atoms with Crippen molar-refractivity contribution in [1.29, 1.82) is 0 Å². The van der Waals surface area contributed by atoms with Crippen LogP contribution in [0.25, 0.3) is 0 Å². The number of nitrogens with zero attached hydrogens (tertiary/aromatic N) is 3. The number of ether oxygens (including phenoxy) is 1. The summed E-state index contributed by atoms with van der Waals surface area (Å²) in [6.07, 6.45) is 2.88. The fraction of sp³-hybridized carbons (Fsp3) is 0.316. The third-order valence-electron chi connectivity index (χ3n) is 8.19. The molecular formula is C38H43N3O3. The summed E-state index contributed by atoms with van der Waals surface area (Å²) < 4.78 is 5.92. The van der Waals surface area contributed by atoms with Gasteiger partial charge in [0, 0.05) is 45.7 Å². The molecule has 0 spiro atoms. The van der Waals surface area contributed by atoms with Crippen molar-refractivity contribution < 1.29 is 14.3 Å². The summed E-state index contributed by atoms with van der Waals surface area (Å²) >= 11 is 0. The molecule has 0 fully saturated rings. The van der Waals surface area contributed by atoms with Gasteiger partial charge in [-0.1, -0.05) is 97.1 Å². The number of carbonyl (C=O) groups is 2. The number of hydrogen-bond acceptors (Lipinski definition) is 4. The molecule has 0 unspecified atom stereocenters. The number of amides is 2. The summed E-state index contributed by atoms with van der Waals surface area (Å²) in [5.74, 6) is 0.723. The number of para-hydroxylation sites is 2. The Bertz CT molecular complexity index is 1480. The van der Waals surface area contributed by atoms with Gasteiger partial charge in [-0.2, -0.15) is 0 Å². The van der Waals surface area contributed by atoms with Crippen LogP contribution in [0.4, 0.5) is 5.69 Å². The molecule has 1 aliphatic heterocycles. The van der Waals surface area contributed by atoms with Gasteiger partial charge in [0.2, 0.25) is 5.91 Å². The maximum absolute atomic E-state index is 13.9. The molecule has 44 heavy (non-hydrogen) atoms. The molecule has 5 rings (SSSR count). The third-order valence-corrected chi connectivity index (χ3v) is 8.19. The molecule has 1 heterocycles. The van der Waals surface area contributed by atoms with Gasteiger partial charge >= 0.3 is 0 Å². The van der Waals surface area contributed by atoms with Crippen molar-refractivity contribution in [3.05, 3.63) is 131 Å². The monoisotopic (exact) mass is 589 g/mol. The van der Waals surface area contributed by atoms with Crippen LogP contribution in [-0.4, -0.2) is 54.4 Å². The average molecular weight is 590 g/mol. The molecule has 0 bridgehead atoms. The molecule has 2 amide bonds. The van der Waals surface area contributed by atoms with Gasteiger partial charge in [-0.3, -0.25) is 14.5 Å². The number of anilines is 1. The Hall–Kier alpha value is -4.42. The molecule has 0 aromatic heterocycles. The molecule has 0 atom stereocenters. The Balaban J connectivity index is 1.41. The Labute approximate surface area is 261 Å². The first-order valence-electron chi connectivity index (χ1n) is 15.7. The highest BCUT2D eigenvalue weighted by molar-refractivity contribution is 5.96. The second kappa shape index (κ2) is 15.9. The van der Waals surface area contributed by atoms with Gasteiger partial charge in [0.25, 0.3) is 5.91 Å². The second-order valence-electron chi connectivity index (χ2n) is 11.5. The van der Waals surface area contributed by atoms with Crippen LogP contribution in [0.15, 0.2) is 109 Å². The van der Waals surface area contributed by atoms with Crippen LogP contribution in [0.1, 0.15) is 41.5 Å². The van der Waals surface area contributed by atoms with Crippen LogP contribution in [0, 0.1) is 6.92 Å². The SMILES string of the molecule is Cc1cccc2c1N(C(=O)COc1ccccc1)CCCN(Cc1ccccc1)CCCN(C(=O)CCc1ccccc1)C2. The topological polar surface area (TPSA) is 53.1 Å². The summed E-state index contributed by atoms with van der Waals surface area (Å²) in [6, 6.07) is 36.3. The number of hydrogen-bond donors (Lipinski definition) is 0. The summed E-state index contributed by atoms with van der Waals surface area (Å²) in [6.45, 7) is 6.26. The van der Waals surface area contributed by atoms with Crippen LogP contribution >= 0.6 is 0 Å². The van der Waals surface area contributed by atoms with Gasteiger partial charge in [0.1, 0.15) is 5.75 Å². The van der Waals surface area contributed by atoms with E-state index in [-0.39, 0.29) is 18.4 Å². The van der Waals surface area contributed by atoms with Crippen LogP contribution in [-0.2, 0) is 29.1 Å². The summed E-state index contributed by atoms with van der Waals surface area (Å²) in [4.78, 5) is 33.9. The standard InChI is InChI=1S/C38H43N3O3/c1-31-14-11-19-34-29-40(36(42)23-22-32-15-5-2-6-16-32)26-12-24-39(28-33-17-7-3-8-18-33)25-13-27-41(38(31)34)37(43)30-44-35-20-9-4-10-21-35/h2-11,14-21H,12-13,22-30H2,1H3. The fourth-order valence-electron chi connectivity index (χ4n) is 5.94. The molecule has 4 aromatic carbocycles. The van der Waals surface area contributed by atoms with Crippen molar-refractivity contribution >= 4 is 17.5 Å². The smallest absolute Gasteiger partial charge is 0.264 e. The first-order chi connectivity index (χ1) is 21.6. The number of carbonyl (C=O) groups excluding carboxylic acids is 2. The van der Waals surface area contributed by atoms with Crippen molar-refractivity contribution in [2.24, 2.45) is 0 Å². The largest absolute Gasteiger partial charge is 0.484 e. The zero-order valence-electron chi connectivity index (χ0n) is 25.7. The first-order valence-corrected chi connectivity index (χ1v) is 15.7. The van der Waals surface area contributed by atoms with Crippen molar-refractivity contribution in [2.45, 2.75) is 45.7 Å². The predicted molar refractivity (Wildman–Crippen MR) is 177 cm³/mol. The third kappa shape index (κ3) is 8.80. The van der Waals surface area contributed by atoms with E-state index in [9.17, 15) is 9.59 Å². The van der Waals surface area contributed by atoms with Gasteiger partial charge in [-0.05, 0) is 60.6 Å². The molecule has 228 valence electrons. The van der Waals surface area contributed by atoms with E-state index in [4.69, 9.17) is 4.74 Å². The minimum atomic E-state index is -0.0852. The van der Waals surface area contributed by atoms with E-state index in [1.807, 2.05) is 83.5 Å². The minimum absolute atomic E-state index is 0.0504. The van der Waals surface area contributed by atoms with Gasteiger partial charge < -0.3 is 14.5 Å². The number of rotatable bonds is 8. The maximum Gasteiger partial charge on any atom is 0.264 e. The minimum Gasteiger partial charge on any atom is -0.484 e. The van der Waals surface area contributed by atoms with Crippen molar-refractivity contribution in [1.82, 2.24) is 9.80 Å². The molecule has 0 N–H and O–H groups in total. The van der Waals surface area contributed by atoms with E-state index in [1.54, 1.807) is 0 Å². The normalized spacial score (nSPS) is 14.7. The lowest BCUT2D eigenvalue weighted by Crippen LogP contribution is -2.40. The molecular weight excluding hydrogens is 546 g/mol. The molecule has 0 radical (unpaired) electrons. The van der Waals surface area contributed by atoms with Crippen LogP contribution < -0.4 is 9.64 Å². The zero-order valence-corrected chi connectivity index (χ0v) is 25.7. The lowest BCUT2D eigenvalue weighted by atomic mass is 10.0. The highest BCUT2D eigenvalue weighted by Gasteiger charge is 2.25. The molecule has 0 saturated heterocycles. The van der Waals surface area contributed by atoms with Crippen LogP contribution in [0.3, 0.4) is 0 Å². The number of fused-ring (bicyclic) bond motifs is 1. The van der Waals surface area contributed by atoms with Gasteiger partial charge in [-0.15, -0.1) is 0 Å². The van der Waals surface area contributed by atoms with Crippen molar-refractivity contribution in [3.63, 3.8) is 0 Å².